The number of amides is 1. The van der Waals surface area contributed by atoms with Crippen LogP contribution in [0.3, 0.4) is 0 Å². The molecular formula is C11H19N5O2. The highest BCUT2D eigenvalue weighted by Crippen LogP contribution is 2.09. The van der Waals surface area contributed by atoms with E-state index in [9.17, 15) is 4.79 Å². The third-order valence-electron chi connectivity index (χ3n) is 2.92. The second-order valence-corrected chi connectivity index (χ2v) is 4.63. The summed E-state index contributed by atoms with van der Waals surface area (Å²) in [6.07, 6.45) is -0.411. The summed E-state index contributed by atoms with van der Waals surface area (Å²) in [6, 6.07) is -0.224. The number of morpholine rings is 1. The number of rotatable bonds is 3. The van der Waals surface area contributed by atoms with Gasteiger partial charge in [-0.1, -0.05) is 0 Å². The summed E-state index contributed by atoms with van der Waals surface area (Å²) in [4.78, 5) is 18.3. The van der Waals surface area contributed by atoms with Gasteiger partial charge in [0.1, 0.15) is 11.9 Å². The van der Waals surface area contributed by atoms with Crippen LogP contribution in [0.25, 0.3) is 0 Å². The number of aromatic amines is 1. The van der Waals surface area contributed by atoms with Gasteiger partial charge in [0.25, 0.3) is 5.91 Å². The highest BCUT2D eigenvalue weighted by molar-refractivity contribution is 5.81. The highest BCUT2D eigenvalue weighted by Gasteiger charge is 2.26. The van der Waals surface area contributed by atoms with Crippen LogP contribution in [-0.2, 0) is 9.53 Å². The molecule has 2 N–H and O–H groups in total. The van der Waals surface area contributed by atoms with Crippen molar-refractivity contribution in [1.29, 1.82) is 0 Å². The van der Waals surface area contributed by atoms with Crippen LogP contribution in [0.2, 0.25) is 0 Å². The lowest BCUT2D eigenvalue weighted by Gasteiger charge is -2.29. The van der Waals surface area contributed by atoms with E-state index in [0.29, 0.717) is 19.0 Å². The van der Waals surface area contributed by atoms with Gasteiger partial charge in [0.05, 0.1) is 12.6 Å². The summed E-state index contributed by atoms with van der Waals surface area (Å²) in [6.45, 7) is 5.74. The zero-order valence-corrected chi connectivity index (χ0v) is 10.9. The molecule has 0 spiro atoms. The lowest BCUT2D eigenvalue weighted by molar-refractivity contribution is -0.138. The van der Waals surface area contributed by atoms with E-state index < -0.39 is 6.10 Å². The maximum Gasteiger partial charge on any atom is 0.251 e. The van der Waals surface area contributed by atoms with E-state index >= 15 is 0 Å². The molecule has 1 aliphatic rings. The van der Waals surface area contributed by atoms with Crippen molar-refractivity contribution in [3.63, 3.8) is 0 Å². The maximum absolute atomic E-state index is 12.0. The molecule has 1 aliphatic heterocycles. The Bertz CT molecular complexity index is 419. The molecule has 100 valence electrons. The Morgan fingerprint density at radius 3 is 3.06 bits per heavy atom. The molecule has 0 aliphatic carbocycles. The molecule has 7 nitrogen and oxygen atoms in total. The third kappa shape index (κ3) is 3.05. The monoisotopic (exact) mass is 253 g/mol. The number of nitrogens with one attached hydrogen (secondary N) is 2. The quantitative estimate of drug-likeness (QED) is 0.767. The van der Waals surface area contributed by atoms with Gasteiger partial charge in [0.15, 0.2) is 5.82 Å². The maximum atomic E-state index is 12.0. The Morgan fingerprint density at radius 2 is 2.44 bits per heavy atom. The first-order valence-electron chi connectivity index (χ1n) is 6.05. The summed E-state index contributed by atoms with van der Waals surface area (Å²) in [5.74, 6) is 1.21. The molecule has 1 saturated heterocycles. The van der Waals surface area contributed by atoms with Crippen LogP contribution in [0.15, 0.2) is 0 Å². The number of likely N-dealkylation sites (N-methyl/N-ethyl adjacent to an activating group) is 1. The number of hydrogen-bond acceptors (Lipinski definition) is 5. The van der Waals surface area contributed by atoms with Crippen LogP contribution in [0.4, 0.5) is 0 Å². The fourth-order valence-corrected chi connectivity index (χ4v) is 1.86. The zero-order valence-electron chi connectivity index (χ0n) is 10.9. The van der Waals surface area contributed by atoms with Crippen molar-refractivity contribution in [1.82, 2.24) is 25.4 Å². The van der Waals surface area contributed by atoms with Gasteiger partial charge in [0.2, 0.25) is 0 Å². The van der Waals surface area contributed by atoms with Gasteiger partial charge in [-0.25, -0.2) is 4.98 Å². The Kier molecular flexibility index (Phi) is 3.93. The normalized spacial score (nSPS) is 22.7. The second kappa shape index (κ2) is 5.45. The zero-order chi connectivity index (χ0) is 13.1. The van der Waals surface area contributed by atoms with E-state index in [1.165, 1.54) is 0 Å². The van der Waals surface area contributed by atoms with Gasteiger partial charge >= 0.3 is 0 Å². The van der Waals surface area contributed by atoms with Crippen molar-refractivity contribution in [3.8, 4) is 0 Å². The number of aryl methyl sites for hydroxylation is 1. The molecule has 0 radical (unpaired) electrons. The molecule has 0 saturated carbocycles. The van der Waals surface area contributed by atoms with Gasteiger partial charge in [-0.3, -0.25) is 9.89 Å². The van der Waals surface area contributed by atoms with Crippen LogP contribution in [0.1, 0.15) is 24.6 Å². The molecule has 2 atom stereocenters. The second-order valence-electron chi connectivity index (χ2n) is 4.63. The Labute approximate surface area is 106 Å². The van der Waals surface area contributed by atoms with Gasteiger partial charge in [-0.2, -0.15) is 5.10 Å². The Balaban J connectivity index is 1.90. The standard InChI is InChI=1S/C11H19N5O2/c1-7(10-13-8(2)14-15-10)12-11(17)9-6-16(3)4-5-18-9/h7,9H,4-6H2,1-3H3,(H,12,17)(H,13,14,15). The number of carbonyl (C=O) groups excluding carboxylic acids is 1. The molecule has 2 rings (SSSR count). The third-order valence-corrected chi connectivity index (χ3v) is 2.92. The Hall–Kier alpha value is -1.47. The first kappa shape index (κ1) is 13.0. The first-order chi connectivity index (χ1) is 8.56. The lowest BCUT2D eigenvalue weighted by atomic mass is 10.2. The first-order valence-corrected chi connectivity index (χ1v) is 6.05. The topological polar surface area (TPSA) is 83.1 Å². The molecule has 7 heteroatoms. The minimum absolute atomic E-state index is 0.114. The predicted octanol–water partition coefficient (Wildman–Crippen LogP) is -0.379. The molecule has 1 aromatic heterocycles. The number of hydrogen-bond donors (Lipinski definition) is 2. The van der Waals surface area contributed by atoms with E-state index in [1.54, 1.807) is 0 Å². The molecular weight excluding hydrogens is 234 g/mol. The predicted molar refractivity (Wildman–Crippen MR) is 64.9 cm³/mol. The molecule has 1 fully saturated rings. The van der Waals surface area contributed by atoms with E-state index in [-0.39, 0.29) is 11.9 Å². The summed E-state index contributed by atoms with van der Waals surface area (Å²) in [7, 11) is 1.98. The fraction of sp³-hybridized carbons (Fsp3) is 0.727. The number of carbonyl (C=O) groups is 1. The van der Waals surface area contributed by atoms with Crippen LogP contribution in [0.5, 0.6) is 0 Å². The summed E-state index contributed by atoms with van der Waals surface area (Å²) in [5.41, 5.74) is 0. The average molecular weight is 253 g/mol. The van der Waals surface area contributed by atoms with Crippen LogP contribution >= 0.6 is 0 Å². The Morgan fingerprint density at radius 1 is 1.67 bits per heavy atom. The van der Waals surface area contributed by atoms with Crippen molar-refractivity contribution < 1.29 is 9.53 Å². The minimum Gasteiger partial charge on any atom is -0.366 e. The molecule has 18 heavy (non-hydrogen) atoms. The number of nitrogens with zero attached hydrogens (tertiary/aromatic N) is 3. The van der Waals surface area contributed by atoms with Crippen molar-refractivity contribution in [2.75, 3.05) is 26.7 Å². The SMILES string of the molecule is Cc1nc(C(C)NC(=O)C2CN(C)CCO2)n[nH]1. The summed E-state index contributed by atoms with van der Waals surface area (Å²) < 4.78 is 5.45. The van der Waals surface area contributed by atoms with E-state index in [4.69, 9.17) is 4.74 Å². The highest BCUT2D eigenvalue weighted by atomic mass is 16.5. The molecule has 0 aromatic carbocycles. The summed E-state index contributed by atoms with van der Waals surface area (Å²) >= 11 is 0. The van der Waals surface area contributed by atoms with Gasteiger partial charge < -0.3 is 15.0 Å². The number of H-pyrrole nitrogens is 1. The van der Waals surface area contributed by atoms with Crippen molar-refractivity contribution in [2.45, 2.75) is 26.0 Å². The van der Waals surface area contributed by atoms with Crippen molar-refractivity contribution in [2.24, 2.45) is 0 Å². The molecule has 1 aromatic rings. The smallest absolute Gasteiger partial charge is 0.251 e. The molecule has 0 bridgehead atoms. The molecule has 2 heterocycles. The number of aromatic nitrogens is 3. The summed E-state index contributed by atoms with van der Waals surface area (Å²) in [5, 5.41) is 9.65. The van der Waals surface area contributed by atoms with Crippen LogP contribution in [-0.4, -0.2) is 58.8 Å². The van der Waals surface area contributed by atoms with E-state index in [1.807, 2.05) is 20.9 Å². The van der Waals surface area contributed by atoms with E-state index in [2.05, 4.69) is 25.4 Å². The van der Waals surface area contributed by atoms with Gasteiger partial charge in [-0.15, -0.1) is 0 Å². The van der Waals surface area contributed by atoms with E-state index in [0.717, 1.165) is 12.4 Å². The van der Waals surface area contributed by atoms with Gasteiger partial charge in [0, 0.05) is 13.1 Å². The van der Waals surface area contributed by atoms with Crippen LogP contribution in [0, 0.1) is 6.92 Å². The average Bonchev–Trinajstić information content (AvgIpc) is 2.76. The largest absolute Gasteiger partial charge is 0.366 e. The molecule has 2 unspecified atom stereocenters. The lowest BCUT2D eigenvalue weighted by Crippen LogP contribution is -2.48. The molecule has 1 amide bonds. The fourth-order valence-electron chi connectivity index (χ4n) is 1.86. The minimum atomic E-state index is -0.411. The van der Waals surface area contributed by atoms with Gasteiger partial charge in [-0.05, 0) is 20.9 Å². The van der Waals surface area contributed by atoms with Crippen molar-refractivity contribution >= 4 is 5.91 Å². The van der Waals surface area contributed by atoms with Crippen LogP contribution < -0.4 is 5.32 Å². The number of ether oxygens (including phenoxy) is 1. The van der Waals surface area contributed by atoms with Crippen molar-refractivity contribution in [3.05, 3.63) is 11.6 Å².